The second-order valence-electron chi connectivity index (χ2n) is 6.82. The molecular weight excluding hydrogens is 445 g/mol. The van der Waals surface area contributed by atoms with Gasteiger partial charge in [0.15, 0.2) is 0 Å². The Bertz CT molecular complexity index is 823. The first-order valence-electron chi connectivity index (χ1n) is 8.67. The van der Waals surface area contributed by atoms with Gasteiger partial charge in [-0.1, -0.05) is 0 Å². The summed E-state index contributed by atoms with van der Waals surface area (Å²) in [6.07, 6.45) is -5.68. The Kier molecular flexibility index (Phi) is 5.45. The molecule has 0 amide bonds. The average molecular weight is 463 g/mol. The van der Waals surface area contributed by atoms with Crippen LogP contribution in [0.5, 0.6) is 0 Å². The quantitative estimate of drug-likeness (QED) is 0.265. The Hall–Kier alpha value is -1.72. The number of hydrogen-bond donors (Lipinski definition) is 0. The van der Waals surface area contributed by atoms with E-state index in [2.05, 4.69) is 0 Å². The molecule has 1 heterocycles. The van der Waals surface area contributed by atoms with Crippen molar-refractivity contribution in [1.29, 1.82) is 0 Å². The molecule has 150 valence electrons. The molecular formula is C21H18F6Se. The van der Waals surface area contributed by atoms with E-state index in [9.17, 15) is 26.3 Å². The summed E-state index contributed by atoms with van der Waals surface area (Å²) in [6, 6.07) is 10.1. The van der Waals surface area contributed by atoms with Gasteiger partial charge in [-0.2, -0.15) is 0 Å². The zero-order valence-electron chi connectivity index (χ0n) is 15.1. The fourth-order valence-electron chi connectivity index (χ4n) is 3.77. The first kappa shape index (κ1) is 21.0. The third-order valence-electron chi connectivity index (χ3n) is 4.95. The van der Waals surface area contributed by atoms with E-state index in [0.717, 1.165) is 12.1 Å². The number of halogens is 6. The van der Waals surface area contributed by atoms with Crippen molar-refractivity contribution in [2.45, 2.75) is 35.3 Å². The van der Waals surface area contributed by atoms with Crippen LogP contribution in [0.1, 0.15) is 36.1 Å². The van der Waals surface area contributed by atoms with E-state index in [-0.39, 0.29) is 15.9 Å². The summed E-state index contributed by atoms with van der Waals surface area (Å²) in [6.45, 7) is 3.54. The van der Waals surface area contributed by atoms with Crippen LogP contribution in [-0.4, -0.2) is 15.0 Å². The van der Waals surface area contributed by atoms with Crippen LogP contribution in [-0.2, 0) is 16.7 Å². The van der Waals surface area contributed by atoms with Crippen LogP contribution in [0.3, 0.4) is 0 Å². The van der Waals surface area contributed by atoms with Gasteiger partial charge in [0.2, 0.25) is 0 Å². The maximum absolute atomic E-state index is 13.8. The Morgan fingerprint density at radius 2 is 1.14 bits per heavy atom. The molecule has 2 aromatic carbocycles. The van der Waals surface area contributed by atoms with Gasteiger partial charge in [-0.05, 0) is 0 Å². The van der Waals surface area contributed by atoms with Gasteiger partial charge in [0.1, 0.15) is 0 Å². The fraction of sp³-hybridized carbons (Fsp3) is 0.333. The zero-order chi connectivity index (χ0) is 20.7. The van der Waals surface area contributed by atoms with Crippen molar-refractivity contribution in [3.05, 3.63) is 82.9 Å². The summed E-state index contributed by atoms with van der Waals surface area (Å²) in [5, 5.41) is 0. The van der Waals surface area contributed by atoms with Crippen molar-refractivity contribution in [3.63, 3.8) is 0 Å². The van der Waals surface area contributed by atoms with Crippen molar-refractivity contribution in [2.24, 2.45) is 5.92 Å². The standard InChI is InChI=1S/C21H18F6Se/c1-13-11-12-14(2)28-19(13,15-7-3-5-9-17(15)20(22,23)24)16-8-4-6-10-18(16)21(25,26)27/h3-14H,1-2H3/t13-,14-/m1/s1. The number of alkyl halides is 6. The van der Waals surface area contributed by atoms with Crippen LogP contribution >= 0.6 is 0 Å². The molecule has 0 saturated heterocycles. The molecule has 0 bridgehead atoms. The second-order valence-corrected chi connectivity index (χ2v) is 10.2. The molecule has 1 aliphatic heterocycles. The van der Waals surface area contributed by atoms with Crippen LogP contribution in [0.15, 0.2) is 60.7 Å². The molecule has 28 heavy (non-hydrogen) atoms. The van der Waals surface area contributed by atoms with E-state index < -0.39 is 48.7 Å². The molecule has 0 aromatic heterocycles. The van der Waals surface area contributed by atoms with E-state index in [4.69, 9.17) is 0 Å². The second kappa shape index (κ2) is 7.27. The van der Waals surface area contributed by atoms with Crippen LogP contribution in [0.4, 0.5) is 26.3 Å². The van der Waals surface area contributed by atoms with Crippen molar-refractivity contribution in [3.8, 4) is 0 Å². The zero-order valence-corrected chi connectivity index (χ0v) is 16.8. The molecule has 1 aliphatic rings. The summed E-state index contributed by atoms with van der Waals surface area (Å²) in [5.74, 6) is -0.518. The summed E-state index contributed by atoms with van der Waals surface area (Å²) < 4.78 is 81.5. The molecule has 0 radical (unpaired) electrons. The van der Waals surface area contributed by atoms with Gasteiger partial charge in [-0.15, -0.1) is 0 Å². The maximum atomic E-state index is 13.8. The third-order valence-corrected chi connectivity index (χ3v) is 8.54. The van der Waals surface area contributed by atoms with Gasteiger partial charge in [0.25, 0.3) is 0 Å². The topological polar surface area (TPSA) is 0 Å². The monoisotopic (exact) mass is 464 g/mol. The summed E-state index contributed by atoms with van der Waals surface area (Å²) in [7, 11) is 0. The Balaban J connectivity index is 2.41. The predicted molar refractivity (Wildman–Crippen MR) is 97.2 cm³/mol. The summed E-state index contributed by atoms with van der Waals surface area (Å²) >= 11 is -0.566. The van der Waals surface area contributed by atoms with E-state index in [1.807, 2.05) is 13.0 Å². The van der Waals surface area contributed by atoms with Crippen LogP contribution in [0, 0.1) is 5.92 Å². The molecule has 2 aromatic rings. The fourth-order valence-corrected chi connectivity index (χ4v) is 7.25. The number of allylic oxidation sites excluding steroid dienone is 2. The summed E-state index contributed by atoms with van der Waals surface area (Å²) in [5.41, 5.74) is -1.91. The number of hydrogen-bond acceptors (Lipinski definition) is 0. The average Bonchev–Trinajstić information content (AvgIpc) is 2.62. The molecule has 0 unspecified atom stereocenters. The normalized spacial score (nSPS) is 22.3. The Morgan fingerprint density at radius 1 is 0.714 bits per heavy atom. The molecule has 0 fully saturated rings. The SMILES string of the molecule is C[C@@H]1C=C[C@@H](C)C(c2ccccc2C(F)(F)F)(c2ccccc2C(F)(F)F)[Se]1. The van der Waals surface area contributed by atoms with E-state index in [0.29, 0.717) is 0 Å². The van der Waals surface area contributed by atoms with E-state index >= 15 is 0 Å². The van der Waals surface area contributed by atoms with Crippen LogP contribution < -0.4 is 0 Å². The molecule has 2 atom stereocenters. The molecule has 0 spiro atoms. The Morgan fingerprint density at radius 3 is 1.57 bits per heavy atom. The van der Waals surface area contributed by atoms with E-state index in [1.54, 1.807) is 13.0 Å². The minimum absolute atomic E-state index is 0.0806. The van der Waals surface area contributed by atoms with E-state index in [1.165, 1.54) is 36.4 Å². The minimum atomic E-state index is -4.66. The molecule has 7 heteroatoms. The molecule has 0 saturated carbocycles. The number of benzene rings is 2. The van der Waals surface area contributed by atoms with Crippen molar-refractivity contribution in [2.75, 3.05) is 0 Å². The Labute approximate surface area is 165 Å². The van der Waals surface area contributed by atoms with Gasteiger partial charge < -0.3 is 0 Å². The number of rotatable bonds is 2. The molecule has 0 aliphatic carbocycles. The molecule has 0 N–H and O–H groups in total. The summed E-state index contributed by atoms with van der Waals surface area (Å²) in [4.78, 5) is -0.105. The van der Waals surface area contributed by atoms with Gasteiger partial charge in [-0.3, -0.25) is 0 Å². The van der Waals surface area contributed by atoms with Gasteiger partial charge in [0, 0.05) is 0 Å². The third kappa shape index (κ3) is 3.62. The van der Waals surface area contributed by atoms with Crippen LogP contribution in [0.25, 0.3) is 0 Å². The first-order valence-corrected chi connectivity index (χ1v) is 10.5. The van der Waals surface area contributed by atoms with Gasteiger partial charge in [-0.25, -0.2) is 0 Å². The predicted octanol–water partition coefficient (Wildman–Crippen LogP) is 6.69. The molecule has 0 nitrogen and oxygen atoms in total. The van der Waals surface area contributed by atoms with Crippen molar-refractivity contribution >= 4 is 15.0 Å². The van der Waals surface area contributed by atoms with Crippen molar-refractivity contribution in [1.82, 2.24) is 0 Å². The first-order chi connectivity index (χ1) is 13.0. The van der Waals surface area contributed by atoms with Gasteiger partial charge in [0.05, 0.1) is 0 Å². The van der Waals surface area contributed by atoms with Crippen molar-refractivity contribution < 1.29 is 26.3 Å². The molecule has 3 rings (SSSR count). The van der Waals surface area contributed by atoms with Gasteiger partial charge >= 0.3 is 165 Å². The van der Waals surface area contributed by atoms with Crippen LogP contribution in [0.2, 0.25) is 4.82 Å².